The first-order chi connectivity index (χ1) is 9.77. The van der Waals surface area contributed by atoms with Gasteiger partial charge in [-0.25, -0.2) is 13.1 Å². The molecule has 7 heteroatoms. The maximum atomic E-state index is 12.3. The number of hydrogen-bond acceptors (Lipinski definition) is 5. The van der Waals surface area contributed by atoms with Crippen LogP contribution >= 0.6 is 0 Å². The zero-order valence-electron chi connectivity index (χ0n) is 12.6. The predicted octanol–water partition coefficient (Wildman–Crippen LogP) is 1.46. The van der Waals surface area contributed by atoms with Crippen molar-refractivity contribution in [2.45, 2.75) is 18.7 Å². The van der Waals surface area contributed by atoms with E-state index in [2.05, 4.69) is 11.3 Å². The monoisotopic (exact) mass is 314 g/mol. The summed E-state index contributed by atoms with van der Waals surface area (Å²) < 4.78 is 37.3. The molecule has 1 aromatic rings. The molecule has 0 aliphatic carbocycles. The average molecular weight is 314 g/mol. The van der Waals surface area contributed by atoms with E-state index in [4.69, 9.17) is 15.2 Å². The third kappa shape index (κ3) is 5.04. The van der Waals surface area contributed by atoms with Crippen LogP contribution in [0.5, 0.6) is 5.75 Å². The van der Waals surface area contributed by atoms with Gasteiger partial charge in [-0.2, -0.15) is 0 Å². The molecule has 0 spiro atoms. The van der Waals surface area contributed by atoms with Crippen molar-refractivity contribution in [3.05, 3.63) is 29.8 Å². The van der Waals surface area contributed by atoms with Gasteiger partial charge in [0.25, 0.3) is 0 Å². The van der Waals surface area contributed by atoms with Crippen LogP contribution in [0.15, 0.2) is 29.2 Å². The predicted molar refractivity (Wildman–Crippen MR) is 83.0 cm³/mol. The number of methoxy groups -OCH3 is 1. The summed E-state index contributed by atoms with van der Waals surface area (Å²) in [5, 5.41) is 0. The molecule has 0 bridgehead atoms. The number of anilines is 1. The van der Waals surface area contributed by atoms with Crippen molar-refractivity contribution >= 4 is 15.7 Å². The van der Waals surface area contributed by atoms with E-state index in [-0.39, 0.29) is 23.8 Å². The highest BCUT2D eigenvalue weighted by Gasteiger charge is 2.20. The van der Waals surface area contributed by atoms with Crippen LogP contribution in [0.1, 0.15) is 12.5 Å². The summed E-state index contributed by atoms with van der Waals surface area (Å²) in [6.07, 6.45) is 0. The highest BCUT2D eigenvalue weighted by Crippen LogP contribution is 2.28. The van der Waals surface area contributed by atoms with Crippen LogP contribution in [0.4, 0.5) is 5.69 Å². The van der Waals surface area contributed by atoms with E-state index in [9.17, 15) is 8.42 Å². The van der Waals surface area contributed by atoms with Gasteiger partial charge in [-0.3, -0.25) is 0 Å². The summed E-state index contributed by atoms with van der Waals surface area (Å²) in [6.45, 7) is 8.14. The van der Waals surface area contributed by atoms with E-state index in [0.29, 0.717) is 12.3 Å². The second-order valence-corrected chi connectivity index (χ2v) is 6.50. The summed E-state index contributed by atoms with van der Waals surface area (Å²) in [5.41, 5.74) is 7.81. The number of sulfonamides is 1. The minimum absolute atomic E-state index is 0.0213. The molecule has 0 saturated carbocycles. The second kappa shape index (κ2) is 7.44. The Bertz CT molecular complexity index is 612. The van der Waals surface area contributed by atoms with Gasteiger partial charge < -0.3 is 15.2 Å². The number of benzene rings is 1. The Kier molecular flexibility index (Phi) is 6.19. The molecule has 0 aliphatic heterocycles. The maximum absolute atomic E-state index is 12.3. The third-order valence-corrected chi connectivity index (χ3v) is 4.21. The first-order valence-corrected chi connectivity index (χ1v) is 7.92. The number of aryl methyl sites for hydroxylation is 1. The second-order valence-electron chi connectivity index (χ2n) is 4.77. The molecular weight excluding hydrogens is 292 g/mol. The maximum Gasteiger partial charge on any atom is 0.244 e. The number of nitrogens with two attached hydrogens (primary N) is 1. The van der Waals surface area contributed by atoms with E-state index in [0.717, 1.165) is 11.1 Å². The fourth-order valence-electron chi connectivity index (χ4n) is 1.62. The van der Waals surface area contributed by atoms with Crippen molar-refractivity contribution in [3.8, 4) is 5.75 Å². The lowest BCUT2D eigenvalue weighted by atomic mass is 10.2. The molecule has 0 aliphatic rings. The summed E-state index contributed by atoms with van der Waals surface area (Å²) in [4.78, 5) is 0.0213. The third-order valence-electron chi connectivity index (χ3n) is 2.73. The summed E-state index contributed by atoms with van der Waals surface area (Å²) in [7, 11) is -2.28. The van der Waals surface area contributed by atoms with E-state index in [1.165, 1.54) is 13.2 Å². The highest BCUT2D eigenvalue weighted by molar-refractivity contribution is 7.89. The van der Waals surface area contributed by atoms with E-state index >= 15 is 0 Å². The van der Waals surface area contributed by atoms with Crippen molar-refractivity contribution in [1.82, 2.24) is 4.72 Å². The summed E-state index contributed by atoms with van der Waals surface area (Å²) in [6, 6.07) is 2.99. The molecule has 0 unspecified atom stereocenters. The zero-order chi connectivity index (χ0) is 16.0. The standard InChI is InChI=1S/C14H22N2O4S/c1-10(2)9-20-6-5-16-21(17,18)14-8-12(15)11(3)7-13(14)19-4/h7-8,16H,1,5-6,9,15H2,2-4H3. The molecule has 0 radical (unpaired) electrons. The van der Waals surface area contributed by atoms with E-state index in [1.807, 2.05) is 6.92 Å². The van der Waals surface area contributed by atoms with Gasteiger partial charge in [0, 0.05) is 12.2 Å². The lowest BCUT2D eigenvalue weighted by Gasteiger charge is -2.13. The van der Waals surface area contributed by atoms with Gasteiger partial charge in [0.05, 0.1) is 20.3 Å². The van der Waals surface area contributed by atoms with Gasteiger partial charge in [-0.1, -0.05) is 12.2 Å². The fourth-order valence-corrected chi connectivity index (χ4v) is 2.82. The van der Waals surface area contributed by atoms with Crippen molar-refractivity contribution in [2.75, 3.05) is 32.6 Å². The average Bonchev–Trinajstić information content (AvgIpc) is 2.40. The Hall–Kier alpha value is -1.57. The van der Waals surface area contributed by atoms with Gasteiger partial charge in [0.15, 0.2) is 0 Å². The minimum Gasteiger partial charge on any atom is -0.495 e. The highest BCUT2D eigenvalue weighted by atomic mass is 32.2. The van der Waals surface area contributed by atoms with Gasteiger partial charge in [0.1, 0.15) is 10.6 Å². The van der Waals surface area contributed by atoms with Crippen LogP contribution in [0.3, 0.4) is 0 Å². The van der Waals surface area contributed by atoms with Crippen molar-refractivity contribution in [3.63, 3.8) is 0 Å². The molecule has 0 fully saturated rings. The van der Waals surface area contributed by atoms with Crippen molar-refractivity contribution in [2.24, 2.45) is 0 Å². The number of rotatable bonds is 8. The van der Waals surface area contributed by atoms with Crippen LogP contribution in [0, 0.1) is 6.92 Å². The molecule has 1 aromatic carbocycles. The quantitative estimate of drug-likeness (QED) is 0.431. The molecule has 1 rings (SSSR count). The molecule has 0 heterocycles. The Morgan fingerprint density at radius 1 is 1.43 bits per heavy atom. The summed E-state index contributed by atoms with van der Waals surface area (Å²) >= 11 is 0. The van der Waals surface area contributed by atoms with Gasteiger partial charge in [0.2, 0.25) is 10.0 Å². The fraction of sp³-hybridized carbons (Fsp3) is 0.429. The molecule has 0 amide bonds. The number of hydrogen-bond donors (Lipinski definition) is 2. The van der Waals surface area contributed by atoms with Crippen LogP contribution in [-0.4, -0.2) is 35.3 Å². The largest absolute Gasteiger partial charge is 0.495 e. The Balaban J connectivity index is 2.78. The smallest absolute Gasteiger partial charge is 0.244 e. The van der Waals surface area contributed by atoms with Crippen molar-refractivity contribution < 1.29 is 17.9 Å². The molecule has 118 valence electrons. The topological polar surface area (TPSA) is 90.7 Å². The number of nitrogen functional groups attached to an aromatic ring is 1. The van der Waals surface area contributed by atoms with Gasteiger partial charge in [-0.15, -0.1) is 0 Å². The SMILES string of the molecule is C=C(C)COCCNS(=O)(=O)c1cc(N)c(C)cc1OC. The van der Waals surface area contributed by atoms with Crippen LogP contribution in [-0.2, 0) is 14.8 Å². The van der Waals surface area contributed by atoms with E-state index in [1.54, 1.807) is 13.0 Å². The first-order valence-electron chi connectivity index (χ1n) is 6.44. The zero-order valence-corrected chi connectivity index (χ0v) is 13.4. The molecule has 0 aromatic heterocycles. The first kappa shape index (κ1) is 17.5. The van der Waals surface area contributed by atoms with Crippen molar-refractivity contribution in [1.29, 1.82) is 0 Å². The van der Waals surface area contributed by atoms with Gasteiger partial charge >= 0.3 is 0 Å². The van der Waals surface area contributed by atoms with E-state index < -0.39 is 10.0 Å². The van der Waals surface area contributed by atoms with Crippen LogP contribution < -0.4 is 15.2 Å². The molecular formula is C14H22N2O4S. The van der Waals surface area contributed by atoms with Crippen LogP contribution in [0.25, 0.3) is 0 Å². The number of ether oxygens (including phenoxy) is 2. The molecule has 0 saturated heterocycles. The minimum atomic E-state index is -3.70. The summed E-state index contributed by atoms with van der Waals surface area (Å²) in [5.74, 6) is 0.261. The molecule has 6 nitrogen and oxygen atoms in total. The normalized spacial score (nSPS) is 11.4. The van der Waals surface area contributed by atoms with Crippen LogP contribution in [0.2, 0.25) is 0 Å². The Morgan fingerprint density at radius 2 is 2.10 bits per heavy atom. The number of nitrogens with one attached hydrogen (secondary N) is 1. The molecule has 3 N–H and O–H groups in total. The molecule has 0 atom stereocenters. The Morgan fingerprint density at radius 3 is 2.67 bits per heavy atom. The molecule has 21 heavy (non-hydrogen) atoms. The van der Waals surface area contributed by atoms with Gasteiger partial charge in [-0.05, 0) is 31.5 Å². The Labute approximate surface area is 126 Å². The lowest BCUT2D eigenvalue weighted by Crippen LogP contribution is -2.28. The lowest BCUT2D eigenvalue weighted by molar-refractivity contribution is 0.162.